The second-order valence-electron chi connectivity index (χ2n) is 8.48. The molecule has 1 N–H and O–H groups in total. The SMILES string of the molecule is COc1ccc(C(O)=C2C(=O)C(=O)N(CCN3CCOCC3)[C@@H]2c2cccc([N+](=O)[O-])c2)cc1C. The minimum atomic E-state index is -0.960. The molecule has 0 radical (unpaired) electrons. The van der Waals surface area contributed by atoms with Crippen LogP contribution in [0.4, 0.5) is 5.69 Å². The average molecular weight is 482 g/mol. The van der Waals surface area contributed by atoms with Crippen molar-refractivity contribution in [3.8, 4) is 5.75 Å². The molecule has 1 atom stereocenters. The van der Waals surface area contributed by atoms with E-state index in [1.807, 2.05) is 0 Å². The second-order valence-corrected chi connectivity index (χ2v) is 8.48. The first-order valence-corrected chi connectivity index (χ1v) is 11.3. The van der Waals surface area contributed by atoms with Crippen LogP contribution in [0.25, 0.3) is 5.76 Å². The summed E-state index contributed by atoms with van der Waals surface area (Å²) in [4.78, 5) is 40.7. The number of hydrogen-bond donors (Lipinski definition) is 1. The van der Waals surface area contributed by atoms with Gasteiger partial charge in [0.1, 0.15) is 11.5 Å². The molecule has 2 aliphatic rings. The van der Waals surface area contributed by atoms with Gasteiger partial charge in [-0.3, -0.25) is 24.6 Å². The zero-order chi connectivity index (χ0) is 25.1. The number of aliphatic hydroxyl groups is 1. The third-order valence-electron chi connectivity index (χ3n) is 6.37. The number of Topliss-reactive ketones (excluding diaryl/α,β-unsaturated/α-hetero) is 1. The van der Waals surface area contributed by atoms with Crippen molar-refractivity contribution in [1.82, 2.24) is 9.80 Å². The molecule has 0 unspecified atom stereocenters. The molecule has 2 heterocycles. The average Bonchev–Trinajstić information content (AvgIpc) is 3.12. The predicted molar refractivity (Wildman–Crippen MR) is 127 cm³/mol. The first-order chi connectivity index (χ1) is 16.8. The Kier molecular flexibility index (Phi) is 7.13. The molecule has 0 bridgehead atoms. The smallest absolute Gasteiger partial charge is 0.295 e. The van der Waals surface area contributed by atoms with Crippen LogP contribution in [0.3, 0.4) is 0 Å². The van der Waals surface area contributed by atoms with Gasteiger partial charge in [0, 0.05) is 43.9 Å². The number of morpholine rings is 1. The fourth-order valence-corrected chi connectivity index (χ4v) is 4.52. The number of aryl methyl sites for hydroxylation is 1. The molecule has 35 heavy (non-hydrogen) atoms. The van der Waals surface area contributed by atoms with Crippen LogP contribution in [0.1, 0.15) is 22.7 Å². The summed E-state index contributed by atoms with van der Waals surface area (Å²) >= 11 is 0. The fraction of sp³-hybridized carbons (Fsp3) is 0.360. The predicted octanol–water partition coefficient (Wildman–Crippen LogP) is 2.67. The Morgan fingerprint density at radius 2 is 1.91 bits per heavy atom. The molecule has 184 valence electrons. The monoisotopic (exact) mass is 481 g/mol. The van der Waals surface area contributed by atoms with E-state index in [0.717, 1.165) is 5.56 Å². The van der Waals surface area contributed by atoms with Crippen LogP contribution in [0.2, 0.25) is 0 Å². The third kappa shape index (κ3) is 4.89. The van der Waals surface area contributed by atoms with Crippen molar-refractivity contribution in [2.75, 3.05) is 46.5 Å². The molecule has 0 saturated carbocycles. The van der Waals surface area contributed by atoms with Gasteiger partial charge < -0.3 is 19.5 Å². The van der Waals surface area contributed by atoms with Gasteiger partial charge >= 0.3 is 0 Å². The van der Waals surface area contributed by atoms with Gasteiger partial charge in [0.15, 0.2) is 0 Å². The number of likely N-dealkylation sites (tertiary alicyclic amines) is 1. The summed E-state index contributed by atoms with van der Waals surface area (Å²) in [5.74, 6) is -1.29. The van der Waals surface area contributed by atoms with Gasteiger partial charge in [-0.15, -0.1) is 0 Å². The second kappa shape index (κ2) is 10.2. The summed E-state index contributed by atoms with van der Waals surface area (Å²) in [6.45, 7) is 5.11. The summed E-state index contributed by atoms with van der Waals surface area (Å²) < 4.78 is 10.6. The van der Waals surface area contributed by atoms with Crippen LogP contribution in [0.15, 0.2) is 48.0 Å². The Morgan fingerprint density at radius 3 is 2.57 bits per heavy atom. The van der Waals surface area contributed by atoms with E-state index in [1.165, 1.54) is 30.2 Å². The molecule has 0 aliphatic carbocycles. The number of amides is 1. The van der Waals surface area contributed by atoms with E-state index in [-0.39, 0.29) is 23.6 Å². The number of ether oxygens (including phenoxy) is 2. The zero-order valence-electron chi connectivity index (χ0n) is 19.6. The highest BCUT2D eigenvalue weighted by Gasteiger charge is 2.46. The summed E-state index contributed by atoms with van der Waals surface area (Å²) in [7, 11) is 1.53. The van der Waals surface area contributed by atoms with Crippen molar-refractivity contribution in [2.45, 2.75) is 13.0 Å². The molecule has 10 nitrogen and oxygen atoms in total. The number of non-ortho nitro benzene ring substituents is 1. The van der Waals surface area contributed by atoms with Gasteiger partial charge in [0.2, 0.25) is 0 Å². The molecule has 4 rings (SSSR count). The lowest BCUT2D eigenvalue weighted by Crippen LogP contribution is -2.42. The van der Waals surface area contributed by atoms with Gasteiger partial charge in [-0.25, -0.2) is 0 Å². The molecule has 2 aromatic rings. The number of benzene rings is 2. The van der Waals surface area contributed by atoms with Crippen LogP contribution in [-0.2, 0) is 14.3 Å². The standard InChI is InChI=1S/C25H27N3O7/c1-16-14-18(6-7-20(16)34-2)23(29)21-22(17-4-3-5-19(15-17)28(32)33)27(25(31)24(21)30)9-8-26-10-12-35-13-11-26/h3-7,14-15,22,29H,8-13H2,1-2H3/t22-/m1/s1. The minimum absolute atomic E-state index is 0.0953. The number of nitro benzene ring substituents is 1. The van der Waals surface area contributed by atoms with E-state index in [1.54, 1.807) is 31.2 Å². The van der Waals surface area contributed by atoms with Crippen LogP contribution in [-0.4, -0.2) is 78.0 Å². The molecular formula is C25H27N3O7. The van der Waals surface area contributed by atoms with Crippen molar-refractivity contribution in [3.05, 3.63) is 74.8 Å². The number of ketones is 1. The van der Waals surface area contributed by atoms with Crippen molar-refractivity contribution < 1.29 is 29.1 Å². The number of carbonyl (C=O) groups excluding carboxylic acids is 2. The lowest BCUT2D eigenvalue weighted by Gasteiger charge is -2.31. The number of aliphatic hydroxyl groups excluding tert-OH is 1. The van der Waals surface area contributed by atoms with Crippen LogP contribution in [0, 0.1) is 17.0 Å². The number of nitro groups is 1. The molecular weight excluding hydrogens is 454 g/mol. The Hall–Kier alpha value is -3.76. The van der Waals surface area contributed by atoms with Gasteiger partial charge in [-0.1, -0.05) is 12.1 Å². The van der Waals surface area contributed by atoms with Crippen molar-refractivity contribution in [1.29, 1.82) is 0 Å². The van der Waals surface area contributed by atoms with E-state index in [9.17, 15) is 24.8 Å². The molecule has 10 heteroatoms. The largest absolute Gasteiger partial charge is 0.507 e. The molecule has 0 spiro atoms. The Balaban J connectivity index is 1.78. The molecule has 0 aromatic heterocycles. The maximum atomic E-state index is 13.2. The maximum absolute atomic E-state index is 13.2. The zero-order valence-corrected chi connectivity index (χ0v) is 19.6. The van der Waals surface area contributed by atoms with E-state index < -0.39 is 22.7 Å². The maximum Gasteiger partial charge on any atom is 0.295 e. The van der Waals surface area contributed by atoms with Crippen LogP contribution in [0.5, 0.6) is 5.75 Å². The summed E-state index contributed by atoms with van der Waals surface area (Å²) in [5.41, 5.74) is 1.21. The normalized spacial score (nSPS) is 20.3. The topological polar surface area (TPSA) is 122 Å². The molecule has 2 aromatic carbocycles. The molecule has 2 fully saturated rings. The highest BCUT2D eigenvalue weighted by atomic mass is 16.6. The van der Waals surface area contributed by atoms with Crippen LogP contribution >= 0.6 is 0 Å². The van der Waals surface area contributed by atoms with Gasteiger partial charge in [0.25, 0.3) is 17.4 Å². The highest BCUT2D eigenvalue weighted by Crippen LogP contribution is 2.40. The number of hydrogen-bond acceptors (Lipinski definition) is 8. The van der Waals surface area contributed by atoms with Crippen LogP contribution < -0.4 is 4.74 Å². The Bertz CT molecular complexity index is 1190. The number of carbonyl (C=O) groups is 2. The van der Waals surface area contributed by atoms with Gasteiger partial charge in [-0.05, 0) is 36.2 Å². The van der Waals surface area contributed by atoms with Gasteiger partial charge in [0.05, 0.1) is 36.9 Å². The lowest BCUT2D eigenvalue weighted by molar-refractivity contribution is -0.384. The van der Waals surface area contributed by atoms with E-state index >= 15 is 0 Å². The van der Waals surface area contributed by atoms with Gasteiger partial charge in [-0.2, -0.15) is 0 Å². The number of methoxy groups -OCH3 is 1. The number of nitrogens with zero attached hydrogens (tertiary/aromatic N) is 3. The third-order valence-corrected chi connectivity index (χ3v) is 6.37. The summed E-state index contributed by atoms with van der Waals surface area (Å²) in [6, 6.07) is 9.79. The Labute approximate surface area is 202 Å². The minimum Gasteiger partial charge on any atom is -0.507 e. The highest BCUT2D eigenvalue weighted by molar-refractivity contribution is 6.46. The van der Waals surface area contributed by atoms with Crippen molar-refractivity contribution >= 4 is 23.1 Å². The Morgan fingerprint density at radius 1 is 1.17 bits per heavy atom. The quantitative estimate of drug-likeness (QED) is 0.211. The molecule has 2 aliphatic heterocycles. The van der Waals surface area contributed by atoms with E-state index in [0.29, 0.717) is 49.7 Å². The molecule has 2 saturated heterocycles. The first kappa shape index (κ1) is 24.4. The summed E-state index contributed by atoms with van der Waals surface area (Å²) in [5, 5.41) is 22.6. The number of rotatable bonds is 7. The molecule has 1 amide bonds. The van der Waals surface area contributed by atoms with Crippen molar-refractivity contribution in [3.63, 3.8) is 0 Å². The summed E-state index contributed by atoms with van der Waals surface area (Å²) in [6.07, 6.45) is 0. The lowest BCUT2D eigenvalue weighted by atomic mass is 9.94. The van der Waals surface area contributed by atoms with Crippen molar-refractivity contribution in [2.24, 2.45) is 0 Å². The first-order valence-electron chi connectivity index (χ1n) is 11.3. The van der Waals surface area contributed by atoms with E-state index in [2.05, 4.69) is 4.90 Å². The fourth-order valence-electron chi connectivity index (χ4n) is 4.52. The van der Waals surface area contributed by atoms with E-state index in [4.69, 9.17) is 9.47 Å².